The first kappa shape index (κ1) is 9.68. The van der Waals surface area contributed by atoms with Crippen LogP contribution in [-0.2, 0) is 0 Å². The zero-order chi connectivity index (χ0) is 9.97. The number of rotatable bonds is 2. The zero-order valence-electron chi connectivity index (χ0n) is 8.05. The minimum absolute atomic E-state index is 0.0760. The molecule has 0 bridgehead atoms. The molecule has 74 valence electrons. The maximum Gasteiger partial charge on any atom is 0.0893 e. The molecule has 2 N–H and O–H groups in total. The Morgan fingerprint density at radius 2 is 2.21 bits per heavy atom. The average molecular weight is 207 g/mol. The number of hydrogen-bond acceptors (Lipinski definition) is 4. The van der Waals surface area contributed by atoms with Gasteiger partial charge in [0, 0.05) is 17.6 Å². The van der Waals surface area contributed by atoms with Gasteiger partial charge in [-0.25, -0.2) is 0 Å². The van der Waals surface area contributed by atoms with E-state index in [2.05, 4.69) is 16.9 Å². The highest BCUT2D eigenvalue weighted by Gasteiger charge is 2.21. The molecule has 3 nitrogen and oxygen atoms in total. The fourth-order valence-corrected chi connectivity index (χ4v) is 2.38. The highest BCUT2D eigenvalue weighted by atomic mass is 32.2. The first-order valence-electron chi connectivity index (χ1n) is 4.64. The molecule has 0 saturated heterocycles. The van der Waals surface area contributed by atoms with E-state index in [9.17, 15) is 0 Å². The molecule has 0 spiro atoms. The van der Waals surface area contributed by atoms with Gasteiger partial charge in [0.1, 0.15) is 0 Å². The van der Waals surface area contributed by atoms with Gasteiger partial charge in [0.2, 0.25) is 0 Å². The number of nitrogens with zero attached hydrogens (tertiary/aromatic N) is 2. The summed E-state index contributed by atoms with van der Waals surface area (Å²) >= 11 is 1.77. The van der Waals surface area contributed by atoms with E-state index in [0.717, 1.165) is 17.2 Å². The van der Waals surface area contributed by atoms with Crippen molar-refractivity contribution < 1.29 is 0 Å². The maximum atomic E-state index is 6.08. The molecular formula is C10H13N3S. The summed E-state index contributed by atoms with van der Waals surface area (Å²) in [6.45, 7) is 3.05. The van der Waals surface area contributed by atoms with Crippen molar-refractivity contribution in [3.63, 3.8) is 0 Å². The number of aliphatic imine (C=N–C) groups is 1. The van der Waals surface area contributed by atoms with Gasteiger partial charge in [0.15, 0.2) is 0 Å². The molecule has 0 aromatic carbocycles. The van der Waals surface area contributed by atoms with Gasteiger partial charge in [0.05, 0.1) is 17.6 Å². The Kier molecular flexibility index (Phi) is 2.84. The Morgan fingerprint density at radius 1 is 1.50 bits per heavy atom. The molecule has 1 aliphatic heterocycles. The predicted octanol–water partition coefficient (Wildman–Crippen LogP) is 1.62. The highest BCUT2D eigenvalue weighted by Crippen LogP contribution is 2.27. The van der Waals surface area contributed by atoms with Crippen LogP contribution in [0.2, 0.25) is 0 Å². The van der Waals surface area contributed by atoms with E-state index in [1.54, 1.807) is 24.2 Å². The predicted molar refractivity (Wildman–Crippen MR) is 60.5 cm³/mol. The van der Waals surface area contributed by atoms with E-state index in [1.807, 2.05) is 12.1 Å². The Morgan fingerprint density at radius 3 is 2.79 bits per heavy atom. The lowest BCUT2D eigenvalue weighted by atomic mass is 10.1. The van der Waals surface area contributed by atoms with Crippen LogP contribution in [0.25, 0.3) is 0 Å². The van der Waals surface area contributed by atoms with Crippen LogP contribution in [0.15, 0.2) is 29.5 Å². The van der Waals surface area contributed by atoms with E-state index >= 15 is 0 Å². The lowest BCUT2D eigenvalue weighted by Crippen LogP contribution is -2.18. The summed E-state index contributed by atoms with van der Waals surface area (Å²) in [5, 5.41) is 1.61. The minimum Gasteiger partial charge on any atom is -0.319 e. The third kappa shape index (κ3) is 1.96. The third-order valence-corrected chi connectivity index (χ3v) is 3.33. The zero-order valence-corrected chi connectivity index (χ0v) is 8.87. The number of pyridine rings is 1. The van der Waals surface area contributed by atoms with Crippen LogP contribution in [-0.4, -0.2) is 21.8 Å². The molecule has 2 atom stereocenters. The minimum atomic E-state index is -0.0760. The van der Waals surface area contributed by atoms with Crippen LogP contribution in [0.3, 0.4) is 0 Å². The van der Waals surface area contributed by atoms with Crippen molar-refractivity contribution in [1.82, 2.24) is 4.98 Å². The van der Waals surface area contributed by atoms with Gasteiger partial charge in [-0.3, -0.25) is 9.98 Å². The lowest BCUT2D eigenvalue weighted by molar-refractivity contribution is 0.940. The quantitative estimate of drug-likeness (QED) is 0.801. The third-order valence-electron chi connectivity index (χ3n) is 2.16. The van der Waals surface area contributed by atoms with E-state index in [1.165, 1.54) is 0 Å². The molecular weight excluding hydrogens is 194 g/mol. The van der Waals surface area contributed by atoms with Crippen molar-refractivity contribution in [2.45, 2.75) is 18.2 Å². The van der Waals surface area contributed by atoms with Crippen LogP contribution < -0.4 is 5.73 Å². The molecule has 0 saturated carbocycles. The summed E-state index contributed by atoms with van der Waals surface area (Å²) in [5.41, 5.74) is 7.17. The first-order chi connectivity index (χ1) is 6.77. The van der Waals surface area contributed by atoms with Crippen molar-refractivity contribution in [3.8, 4) is 0 Å². The largest absolute Gasteiger partial charge is 0.319 e. The standard InChI is InChI=1S/C10H13N3S/c1-7-6-13-10(14-7)9(11)8-2-4-12-5-3-8/h2-5,7,9H,6,11H2,1H3. The second-order valence-corrected chi connectivity index (χ2v) is 4.82. The average Bonchev–Trinajstić information content (AvgIpc) is 2.65. The number of hydrogen-bond donors (Lipinski definition) is 1. The van der Waals surface area contributed by atoms with Crippen molar-refractivity contribution in [2.24, 2.45) is 10.7 Å². The molecule has 2 unspecified atom stereocenters. The van der Waals surface area contributed by atoms with Gasteiger partial charge in [-0.2, -0.15) is 0 Å². The fourth-order valence-electron chi connectivity index (χ4n) is 1.38. The molecule has 1 aromatic rings. The fraction of sp³-hybridized carbons (Fsp3) is 0.400. The van der Waals surface area contributed by atoms with Gasteiger partial charge in [-0.05, 0) is 17.7 Å². The van der Waals surface area contributed by atoms with Crippen molar-refractivity contribution >= 4 is 16.8 Å². The van der Waals surface area contributed by atoms with Crippen LogP contribution in [0.5, 0.6) is 0 Å². The second kappa shape index (κ2) is 4.11. The van der Waals surface area contributed by atoms with Crippen LogP contribution >= 0.6 is 11.8 Å². The Bertz CT molecular complexity index is 336. The SMILES string of the molecule is CC1CN=C(C(N)c2ccncc2)S1. The van der Waals surface area contributed by atoms with E-state index < -0.39 is 0 Å². The molecule has 0 radical (unpaired) electrons. The summed E-state index contributed by atoms with van der Waals surface area (Å²) in [4.78, 5) is 8.39. The summed E-state index contributed by atoms with van der Waals surface area (Å²) in [5.74, 6) is 0. The molecule has 1 aromatic heterocycles. The monoisotopic (exact) mass is 207 g/mol. The van der Waals surface area contributed by atoms with Gasteiger partial charge < -0.3 is 5.73 Å². The molecule has 4 heteroatoms. The van der Waals surface area contributed by atoms with Crippen molar-refractivity contribution in [3.05, 3.63) is 30.1 Å². The van der Waals surface area contributed by atoms with Crippen molar-refractivity contribution in [1.29, 1.82) is 0 Å². The molecule has 2 rings (SSSR count). The molecule has 1 aliphatic rings. The Hall–Kier alpha value is -0.870. The summed E-state index contributed by atoms with van der Waals surface area (Å²) in [6, 6.07) is 3.81. The number of aromatic nitrogens is 1. The summed E-state index contributed by atoms with van der Waals surface area (Å²) in [7, 11) is 0. The van der Waals surface area contributed by atoms with Crippen LogP contribution in [0, 0.1) is 0 Å². The van der Waals surface area contributed by atoms with E-state index in [0.29, 0.717) is 5.25 Å². The lowest BCUT2D eigenvalue weighted by Gasteiger charge is -2.11. The second-order valence-electron chi connectivity index (χ2n) is 3.37. The van der Waals surface area contributed by atoms with Crippen LogP contribution in [0.4, 0.5) is 0 Å². The summed E-state index contributed by atoms with van der Waals surface area (Å²) < 4.78 is 0. The van der Waals surface area contributed by atoms with Crippen molar-refractivity contribution in [2.75, 3.05) is 6.54 Å². The number of thioether (sulfide) groups is 1. The number of nitrogens with two attached hydrogens (primary N) is 1. The molecule has 0 aliphatic carbocycles. The van der Waals surface area contributed by atoms with Gasteiger partial charge in [-0.1, -0.05) is 6.92 Å². The van der Waals surface area contributed by atoms with E-state index in [4.69, 9.17) is 5.73 Å². The van der Waals surface area contributed by atoms with E-state index in [-0.39, 0.29) is 6.04 Å². The molecule has 2 heterocycles. The first-order valence-corrected chi connectivity index (χ1v) is 5.52. The molecule has 0 fully saturated rings. The van der Waals surface area contributed by atoms with Gasteiger partial charge >= 0.3 is 0 Å². The normalized spacial score (nSPS) is 23.3. The summed E-state index contributed by atoms with van der Waals surface area (Å²) in [6.07, 6.45) is 3.53. The van der Waals surface area contributed by atoms with Gasteiger partial charge in [0.25, 0.3) is 0 Å². The highest BCUT2D eigenvalue weighted by molar-refractivity contribution is 8.14. The molecule has 0 amide bonds. The maximum absolute atomic E-state index is 6.08. The topological polar surface area (TPSA) is 51.3 Å². The molecule has 14 heavy (non-hydrogen) atoms. The van der Waals surface area contributed by atoms with Gasteiger partial charge in [-0.15, -0.1) is 11.8 Å². The smallest absolute Gasteiger partial charge is 0.0893 e. The Labute approximate surface area is 87.8 Å². The Balaban J connectivity index is 2.13. The van der Waals surface area contributed by atoms with Crippen LogP contribution in [0.1, 0.15) is 18.5 Å².